The molecule has 10 heteroatoms. The molecule has 4 N–H and O–H groups in total. The summed E-state index contributed by atoms with van der Waals surface area (Å²) in [7, 11) is 0. The van der Waals surface area contributed by atoms with Crippen LogP contribution < -0.4 is 15.5 Å². The van der Waals surface area contributed by atoms with E-state index in [1.165, 1.54) is 4.88 Å². The van der Waals surface area contributed by atoms with Crippen molar-refractivity contribution in [3.05, 3.63) is 82.2 Å². The van der Waals surface area contributed by atoms with Crippen LogP contribution in [0.5, 0.6) is 0 Å². The first-order valence-electron chi connectivity index (χ1n) is 12.7. The number of carbonyl (C=O) groups excluding carboxylic acids is 1. The number of nitrogens with one attached hydrogen (secondary N) is 4. The second kappa shape index (κ2) is 10.4. The van der Waals surface area contributed by atoms with Crippen LogP contribution in [0.25, 0.3) is 0 Å². The van der Waals surface area contributed by atoms with E-state index in [-0.39, 0.29) is 5.90 Å². The molecule has 194 valence electrons. The molecule has 0 radical (unpaired) electrons. The van der Waals surface area contributed by atoms with Gasteiger partial charge in [0.2, 0.25) is 12.1 Å². The number of rotatable bonds is 5. The first-order valence-corrected chi connectivity index (χ1v) is 13.5. The topological polar surface area (TPSA) is 123 Å². The number of amides is 1. The molecule has 0 bridgehead atoms. The fraction of sp³-hybridized carbons (Fsp3) is 0.286. The molecule has 2 fully saturated rings. The highest BCUT2D eigenvalue weighted by atomic mass is 32.1. The molecule has 1 atom stereocenters. The maximum absolute atomic E-state index is 13.1. The van der Waals surface area contributed by atoms with Crippen molar-refractivity contribution in [3.8, 4) is 0 Å². The summed E-state index contributed by atoms with van der Waals surface area (Å²) in [4.78, 5) is 21.2. The number of para-hydroxylation sites is 1. The molecule has 0 unspecified atom stereocenters. The molecule has 1 saturated carbocycles. The molecule has 2 aromatic carbocycles. The van der Waals surface area contributed by atoms with Crippen LogP contribution >= 0.6 is 11.3 Å². The Morgan fingerprint density at radius 2 is 1.82 bits per heavy atom. The summed E-state index contributed by atoms with van der Waals surface area (Å²) in [6.45, 7) is 2.78. The summed E-state index contributed by atoms with van der Waals surface area (Å²) in [6.07, 6.45) is 1.21. The lowest BCUT2D eigenvalue weighted by Crippen LogP contribution is -2.43. The number of benzene rings is 2. The Labute approximate surface area is 224 Å². The Kier molecular flexibility index (Phi) is 6.65. The highest BCUT2D eigenvalue weighted by Gasteiger charge is 2.31. The van der Waals surface area contributed by atoms with Crippen molar-refractivity contribution in [1.29, 1.82) is 10.8 Å². The Bertz CT molecular complexity index is 1410. The Hall–Kier alpha value is -4.02. The van der Waals surface area contributed by atoms with Gasteiger partial charge >= 0.3 is 0 Å². The van der Waals surface area contributed by atoms with E-state index in [4.69, 9.17) is 25.3 Å². The second-order valence-corrected chi connectivity index (χ2v) is 10.5. The van der Waals surface area contributed by atoms with Gasteiger partial charge in [-0.25, -0.2) is 4.99 Å². The Balaban J connectivity index is 1.23. The average molecular weight is 529 g/mol. The third kappa shape index (κ3) is 5.05. The third-order valence-corrected chi connectivity index (χ3v) is 8.08. The number of anilines is 2. The Morgan fingerprint density at radius 1 is 1.08 bits per heavy atom. The fourth-order valence-electron chi connectivity index (χ4n) is 4.62. The molecular weight excluding hydrogens is 500 g/mol. The van der Waals surface area contributed by atoms with Gasteiger partial charge in [0.25, 0.3) is 11.9 Å². The van der Waals surface area contributed by atoms with Crippen molar-refractivity contribution in [3.63, 3.8) is 0 Å². The molecule has 2 aliphatic heterocycles. The van der Waals surface area contributed by atoms with Crippen molar-refractivity contribution in [2.24, 2.45) is 4.99 Å². The van der Waals surface area contributed by atoms with E-state index in [2.05, 4.69) is 15.5 Å². The van der Waals surface area contributed by atoms with E-state index in [0.29, 0.717) is 36.1 Å². The van der Waals surface area contributed by atoms with Gasteiger partial charge in [-0.2, -0.15) is 0 Å². The van der Waals surface area contributed by atoms with E-state index in [9.17, 15) is 4.79 Å². The van der Waals surface area contributed by atoms with Gasteiger partial charge in [-0.15, -0.1) is 11.3 Å². The summed E-state index contributed by atoms with van der Waals surface area (Å²) in [6, 6.07) is 18.7. The number of morpholine rings is 1. The van der Waals surface area contributed by atoms with Gasteiger partial charge in [0.1, 0.15) is 5.00 Å². The number of amidine groups is 1. The van der Waals surface area contributed by atoms with Crippen LogP contribution in [0.3, 0.4) is 0 Å². The van der Waals surface area contributed by atoms with Crippen LogP contribution in [-0.2, 0) is 14.3 Å². The highest BCUT2D eigenvalue weighted by Crippen LogP contribution is 2.47. The summed E-state index contributed by atoms with van der Waals surface area (Å²) in [5.74, 6) is 0.00141. The van der Waals surface area contributed by atoms with E-state index >= 15 is 0 Å². The van der Waals surface area contributed by atoms with Gasteiger partial charge in [-0.3, -0.25) is 15.6 Å². The second-order valence-electron chi connectivity index (χ2n) is 9.43. The molecule has 3 aromatic rings. The molecule has 0 spiro atoms. The number of thiophene rings is 1. The average Bonchev–Trinajstić information content (AvgIpc) is 3.71. The number of aliphatic imine (C=N–C) groups is 1. The maximum atomic E-state index is 13.1. The monoisotopic (exact) mass is 528 g/mol. The highest BCUT2D eigenvalue weighted by molar-refractivity contribution is 7.16. The first-order chi connectivity index (χ1) is 18.6. The minimum Gasteiger partial charge on any atom is -0.407 e. The maximum Gasteiger partial charge on any atom is 0.290 e. The molecule has 1 aromatic heterocycles. The Morgan fingerprint density at radius 3 is 2.58 bits per heavy atom. The van der Waals surface area contributed by atoms with Crippen molar-refractivity contribution < 1.29 is 14.3 Å². The predicted octanol–water partition coefficient (Wildman–Crippen LogP) is 4.14. The van der Waals surface area contributed by atoms with Gasteiger partial charge in [0.05, 0.1) is 30.2 Å². The summed E-state index contributed by atoms with van der Waals surface area (Å²) in [5.41, 5.74) is 3.57. The fourth-order valence-corrected chi connectivity index (χ4v) is 6.00. The predicted molar refractivity (Wildman–Crippen MR) is 149 cm³/mol. The largest absolute Gasteiger partial charge is 0.407 e. The van der Waals surface area contributed by atoms with Crippen LogP contribution in [-0.4, -0.2) is 56.0 Å². The van der Waals surface area contributed by atoms with Crippen molar-refractivity contribution in [2.75, 3.05) is 36.5 Å². The molecule has 6 rings (SSSR count). The molecular formula is C28H28N6O3S. The zero-order valence-corrected chi connectivity index (χ0v) is 21.5. The van der Waals surface area contributed by atoms with Gasteiger partial charge < -0.3 is 25.0 Å². The van der Waals surface area contributed by atoms with E-state index in [0.717, 1.165) is 42.1 Å². The number of carbonyl (C=O) groups is 1. The minimum absolute atomic E-state index is 0.128. The molecule has 1 amide bonds. The zero-order valence-electron chi connectivity index (χ0n) is 20.7. The van der Waals surface area contributed by atoms with E-state index in [1.807, 2.05) is 60.7 Å². The van der Waals surface area contributed by atoms with Crippen molar-refractivity contribution >= 4 is 45.6 Å². The first kappa shape index (κ1) is 24.3. The summed E-state index contributed by atoms with van der Waals surface area (Å²) in [5, 5.41) is 23.8. The normalized spacial score (nSPS) is 19.1. The van der Waals surface area contributed by atoms with Crippen LogP contribution in [0, 0.1) is 10.8 Å². The number of fused-ring (bicyclic) bond motifs is 1. The van der Waals surface area contributed by atoms with E-state index < -0.39 is 18.1 Å². The standard InChI is InChI=1S/C28H28N6O3S/c29-24(20-16-22(17-10-11-17)38-27(20)34-12-14-36-15-13-34)37-28(30)33-25-26(35)31-21-9-5-4-8-19(21)23(32-25)18-6-2-1-3-7-18/h1-9,16-17,25,29H,10-15H2,(H2,30,33)(H,31,35)/t25-/m1/s1. The zero-order chi connectivity index (χ0) is 26.1. The number of hydrogen-bond donors (Lipinski definition) is 4. The van der Waals surface area contributed by atoms with Crippen LogP contribution in [0.15, 0.2) is 65.7 Å². The van der Waals surface area contributed by atoms with Crippen LogP contribution in [0.1, 0.15) is 40.3 Å². The SMILES string of the molecule is N=C(N[C@H]1N=C(c2ccccc2)c2ccccc2NC1=O)OC(=N)c1cc(C2CC2)sc1N1CCOCC1. The molecule has 3 heterocycles. The van der Waals surface area contributed by atoms with Gasteiger partial charge in [-0.1, -0.05) is 48.5 Å². The molecule has 3 aliphatic rings. The van der Waals surface area contributed by atoms with Crippen LogP contribution in [0.2, 0.25) is 0 Å². The van der Waals surface area contributed by atoms with Gasteiger partial charge in [-0.05, 0) is 30.9 Å². The van der Waals surface area contributed by atoms with Gasteiger partial charge in [0, 0.05) is 29.1 Å². The summed E-state index contributed by atoms with van der Waals surface area (Å²) >= 11 is 1.69. The molecule has 9 nitrogen and oxygen atoms in total. The quantitative estimate of drug-likeness (QED) is 0.293. The number of ether oxygens (including phenoxy) is 2. The van der Waals surface area contributed by atoms with Crippen molar-refractivity contribution in [2.45, 2.75) is 24.9 Å². The van der Waals surface area contributed by atoms with Crippen LogP contribution in [0.4, 0.5) is 10.7 Å². The molecule has 1 saturated heterocycles. The number of nitrogens with zero attached hydrogens (tertiary/aromatic N) is 2. The summed E-state index contributed by atoms with van der Waals surface area (Å²) < 4.78 is 11.2. The smallest absolute Gasteiger partial charge is 0.290 e. The lowest BCUT2D eigenvalue weighted by Gasteiger charge is -2.28. The number of hydrogen-bond acceptors (Lipinski definition) is 8. The molecule has 38 heavy (non-hydrogen) atoms. The third-order valence-electron chi connectivity index (χ3n) is 6.72. The van der Waals surface area contributed by atoms with Gasteiger partial charge in [0.15, 0.2) is 0 Å². The van der Waals surface area contributed by atoms with Crippen molar-refractivity contribution in [1.82, 2.24) is 5.32 Å². The molecule has 1 aliphatic carbocycles. The van der Waals surface area contributed by atoms with E-state index in [1.54, 1.807) is 11.3 Å². The minimum atomic E-state index is -1.11. The lowest BCUT2D eigenvalue weighted by atomic mass is 10.0. The lowest BCUT2D eigenvalue weighted by molar-refractivity contribution is -0.117. The number of benzodiazepines with no additional fused rings is 1.